The third-order valence-corrected chi connectivity index (χ3v) is 6.06. The zero-order valence-corrected chi connectivity index (χ0v) is 15.1. The minimum Gasteiger partial charge on any atom is -0.347 e. The van der Waals surface area contributed by atoms with Crippen LogP contribution in [0.15, 0.2) is 47.8 Å². The van der Waals surface area contributed by atoms with Gasteiger partial charge in [0.25, 0.3) is 0 Å². The van der Waals surface area contributed by atoms with Gasteiger partial charge in [0.05, 0.1) is 0 Å². The molecular formula is C20H24N2O2S. The highest BCUT2D eigenvalue weighted by molar-refractivity contribution is 7.10. The molecule has 5 heteroatoms. The highest BCUT2D eigenvalue weighted by atomic mass is 32.1. The van der Waals surface area contributed by atoms with Gasteiger partial charge in [0, 0.05) is 23.4 Å². The topological polar surface area (TPSA) is 58.2 Å². The largest absolute Gasteiger partial charge is 0.347 e. The van der Waals surface area contributed by atoms with Crippen molar-refractivity contribution in [2.75, 3.05) is 6.54 Å². The first-order chi connectivity index (χ1) is 12.2. The Hall–Kier alpha value is -2.14. The van der Waals surface area contributed by atoms with Crippen molar-refractivity contribution in [3.05, 3.63) is 58.3 Å². The summed E-state index contributed by atoms with van der Waals surface area (Å²) < 4.78 is 0. The lowest BCUT2D eigenvalue weighted by molar-refractivity contribution is -0.139. The van der Waals surface area contributed by atoms with Crippen LogP contribution in [0.25, 0.3) is 0 Å². The molecule has 1 aromatic carbocycles. The predicted octanol–water partition coefficient (Wildman–Crippen LogP) is 3.38. The maximum atomic E-state index is 12.2. The quantitative estimate of drug-likeness (QED) is 0.807. The Kier molecular flexibility index (Phi) is 5.87. The number of carbonyl (C=O) groups is 2. The van der Waals surface area contributed by atoms with Crippen LogP contribution in [-0.2, 0) is 21.5 Å². The number of nitrogens with one attached hydrogen (secondary N) is 2. The lowest BCUT2D eigenvalue weighted by Gasteiger charge is -2.36. The van der Waals surface area contributed by atoms with E-state index in [0.29, 0.717) is 13.1 Å². The minimum absolute atomic E-state index is 0.0121. The molecule has 0 spiro atoms. The first-order valence-corrected chi connectivity index (χ1v) is 9.72. The molecule has 0 aliphatic heterocycles. The van der Waals surface area contributed by atoms with Crippen LogP contribution in [-0.4, -0.2) is 18.4 Å². The number of benzene rings is 1. The Balaban J connectivity index is 1.55. The maximum absolute atomic E-state index is 12.2. The summed E-state index contributed by atoms with van der Waals surface area (Å²) >= 11 is 1.74. The van der Waals surface area contributed by atoms with Gasteiger partial charge in [-0.2, -0.15) is 0 Å². The van der Waals surface area contributed by atoms with E-state index >= 15 is 0 Å². The van der Waals surface area contributed by atoms with Crippen molar-refractivity contribution >= 4 is 23.2 Å². The van der Waals surface area contributed by atoms with Crippen LogP contribution in [0.1, 0.15) is 42.5 Å². The predicted molar refractivity (Wildman–Crippen MR) is 100 cm³/mol. The first kappa shape index (κ1) is 17.7. The van der Waals surface area contributed by atoms with Crippen LogP contribution >= 0.6 is 11.3 Å². The van der Waals surface area contributed by atoms with Crippen LogP contribution < -0.4 is 10.6 Å². The van der Waals surface area contributed by atoms with Crippen molar-refractivity contribution in [2.45, 2.75) is 44.1 Å². The molecular weight excluding hydrogens is 332 g/mol. The monoisotopic (exact) mass is 356 g/mol. The van der Waals surface area contributed by atoms with Gasteiger partial charge in [-0.05, 0) is 29.9 Å². The molecule has 4 nitrogen and oxygen atoms in total. The summed E-state index contributed by atoms with van der Waals surface area (Å²) in [5.41, 5.74) is 0.966. The fraction of sp³-hybridized carbons (Fsp3) is 0.400. The molecule has 1 saturated carbocycles. The molecule has 0 unspecified atom stereocenters. The normalized spacial score (nSPS) is 16.2. The zero-order chi connectivity index (χ0) is 17.5. The number of thiophene rings is 1. The van der Waals surface area contributed by atoms with Crippen LogP contribution in [0, 0.1) is 0 Å². The van der Waals surface area contributed by atoms with Crippen molar-refractivity contribution in [2.24, 2.45) is 0 Å². The average molecular weight is 356 g/mol. The molecule has 2 N–H and O–H groups in total. The van der Waals surface area contributed by atoms with E-state index in [1.807, 2.05) is 30.3 Å². The SMILES string of the molecule is O=C(NCc1ccccc1)C(=O)NCC1(c2cccs2)CCCCC1. The smallest absolute Gasteiger partial charge is 0.309 e. The van der Waals surface area contributed by atoms with E-state index in [-0.39, 0.29) is 5.41 Å². The molecule has 1 aliphatic rings. The van der Waals surface area contributed by atoms with Gasteiger partial charge in [0.2, 0.25) is 0 Å². The second kappa shape index (κ2) is 8.30. The summed E-state index contributed by atoms with van der Waals surface area (Å²) in [4.78, 5) is 25.6. The van der Waals surface area contributed by atoms with Gasteiger partial charge in [-0.15, -0.1) is 11.3 Å². The van der Waals surface area contributed by atoms with Crippen LogP contribution in [0.3, 0.4) is 0 Å². The van der Waals surface area contributed by atoms with E-state index in [2.05, 4.69) is 28.1 Å². The second-order valence-electron chi connectivity index (χ2n) is 6.67. The van der Waals surface area contributed by atoms with Crippen LogP contribution in [0.4, 0.5) is 0 Å². The molecule has 1 aromatic heterocycles. The fourth-order valence-corrected chi connectivity index (χ4v) is 4.49. The molecule has 0 bridgehead atoms. The molecule has 25 heavy (non-hydrogen) atoms. The molecule has 0 atom stereocenters. The third kappa shape index (κ3) is 4.48. The highest BCUT2D eigenvalue weighted by Crippen LogP contribution is 2.41. The van der Waals surface area contributed by atoms with Crippen molar-refractivity contribution in [1.29, 1.82) is 0 Å². The van der Waals surface area contributed by atoms with Gasteiger partial charge in [-0.1, -0.05) is 55.7 Å². The lowest BCUT2D eigenvalue weighted by atomic mass is 9.73. The maximum Gasteiger partial charge on any atom is 0.309 e. The second-order valence-corrected chi connectivity index (χ2v) is 7.62. The zero-order valence-electron chi connectivity index (χ0n) is 14.3. The number of amides is 2. The van der Waals surface area contributed by atoms with Crippen molar-refractivity contribution in [1.82, 2.24) is 10.6 Å². The van der Waals surface area contributed by atoms with Crippen molar-refractivity contribution < 1.29 is 9.59 Å². The van der Waals surface area contributed by atoms with E-state index in [4.69, 9.17) is 0 Å². The summed E-state index contributed by atoms with van der Waals surface area (Å²) in [6.45, 7) is 0.897. The molecule has 0 radical (unpaired) electrons. The molecule has 1 fully saturated rings. The minimum atomic E-state index is -0.569. The molecule has 2 aromatic rings. The Bertz CT molecular complexity index is 692. The summed E-state index contributed by atoms with van der Waals surface area (Å²) in [5, 5.41) is 7.64. The van der Waals surface area contributed by atoms with Gasteiger partial charge >= 0.3 is 11.8 Å². The standard InChI is InChI=1S/C20H24N2O2S/c23-18(21-14-16-8-3-1-4-9-16)19(24)22-15-20(11-5-2-6-12-20)17-10-7-13-25-17/h1,3-4,7-10,13H,2,5-6,11-12,14-15H2,(H,21,23)(H,22,24). The number of rotatable bonds is 5. The Morgan fingerprint density at radius 1 is 0.920 bits per heavy atom. The van der Waals surface area contributed by atoms with Gasteiger partial charge in [-0.3, -0.25) is 9.59 Å². The summed E-state index contributed by atoms with van der Waals surface area (Å²) in [6, 6.07) is 13.8. The third-order valence-electron chi connectivity index (χ3n) is 4.94. The average Bonchev–Trinajstić information content (AvgIpc) is 3.21. The van der Waals surface area contributed by atoms with E-state index < -0.39 is 11.8 Å². The molecule has 0 saturated heterocycles. The Morgan fingerprint density at radius 2 is 1.64 bits per heavy atom. The van der Waals surface area contributed by atoms with Crippen molar-refractivity contribution in [3.8, 4) is 0 Å². The van der Waals surface area contributed by atoms with Gasteiger partial charge in [0.1, 0.15) is 0 Å². The van der Waals surface area contributed by atoms with Gasteiger partial charge in [-0.25, -0.2) is 0 Å². The fourth-order valence-electron chi connectivity index (χ4n) is 3.51. The van der Waals surface area contributed by atoms with E-state index in [1.165, 1.54) is 24.1 Å². The molecule has 132 valence electrons. The molecule has 2 amide bonds. The molecule has 1 heterocycles. The van der Waals surface area contributed by atoms with Crippen LogP contribution in [0.5, 0.6) is 0 Å². The Labute approximate surface area is 152 Å². The van der Waals surface area contributed by atoms with E-state index in [1.54, 1.807) is 11.3 Å². The van der Waals surface area contributed by atoms with Gasteiger partial charge < -0.3 is 10.6 Å². The van der Waals surface area contributed by atoms with Gasteiger partial charge in [0.15, 0.2) is 0 Å². The number of carbonyl (C=O) groups excluding carboxylic acids is 2. The number of hydrogen-bond donors (Lipinski definition) is 2. The summed E-state index contributed by atoms with van der Waals surface area (Å²) in [6.07, 6.45) is 5.74. The van der Waals surface area contributed by atoms with E-state index in [9.17, 15) is 9.59 Å². The number of hydrogen-bond acceptors (Lipinski definition) is 3. The molecule has 1 aliphatic carbocycles. The van der Waals surface area contributed by atoms with Crippen molar-refractivity contribution in [3.63, 3.8) is 0 Å². The first-order valence-electron chi connectivity index (χ1n) is 8.84. The lowest BCUT2D eigenvalue weighted by Crippen LogP contribution is -2.46. The Morgan fingerprint density at radius 3 is 2.32 bits per heavy atom. The summed E-state index contributed by atoms with van der Waals surface area (Å²) in [5.74, 6) is -1.11. The highest BCUT2D eigenvalue weighted by Gasteiger charge is 2.35. The van der Waals surface area contributed by atoms with E-state index in [0.717, 1.165) is 18.4 Å². The molecule has 3 rings (SSSR count). The van der Waals surface area contributed by atoms with Crippen LogP contribution in [0.2, 0.25) is 0 Å². The summed E-state index contributed by atoms with van der Waals surface area (Å²) in [7, 11) is 0.